The number of rotatable bonds is 3. The Bertz CT molecular complexity index is 646. The molecule has 0 spiro atoms. The van der Waals surface area contributed by atoms with Gasteiger partial charge in [-0.15, -0.1) is 0 Å². The lowest BCUT2D eigenvalue weighted by atomic mass is 9.97. The molecule has 2 aromatic rings. The first-order valence-electron chi connectivity index (χ1n) is 5.98. The number of halogens is 3. The predicted octanol–water partition coefficient (Wildman–Crippen LogP) is 4.09. The van der Waals surface area contributed by atoms with E-state index in [1.54, 1.807) is 6.07 Å². The minimum absolute atomic E-state index is 0.223. The van der Waals surface area contributed by atoms with Gasteiger partial charge < -0.3 is 10.5 Å². The summed E-state index contributed by atoms with van der Waals surface area (Å²) in [6, 6.07) is 6.24. The summed E-state index contributed by atoms with van der Waals surface area (Å²) >= 11 is 3.42. The molecular formula is C15H14BrF2NO. The van der Waals surface area contributed by atoms with Gasteiger partial charge in [0.15, 0.2) is 0 Å². The Morgan fingerprint density at radius 2 is 1.85 bits per heavy atom. The van der Waals surface area contributed by atoms with E-state index in [1.165, 1.54) is 19.2 Å². The van der Waals surface area contributed by atoms with Crippen molar-refractivity contribution in [3.63, 3.8) is 0 Å². The van der Waals surface area contributed by atoms with Gasteiger partial charge in [-0.25, -0.2) is 8.78 Å². The summed E-state index contributed by atoms with van der Waals surface area (Å²) in [5, 5.41) is 0. The highest BCUT2D eigenvalue weighted by Crippen LogP contribution is 2.34. The van der Waals surface area contributed by atoms with Crippen LogP contribution in [0, 0.1) is 18.6 Å². The van der Waals surface area contributed by atoms with E-state index in [0.29, 0.717) is 11.3 Å². The summed E-state index contributed by atoms with van der Waals surface area (Å²) in [6.45, 7) is 1.92. The third kappa shape index (κ3) is 2.83. The first-order chi connectivity index (χ1) is 9.43. The Kier molecular flexibility index (Phi) is 4.40. The zero-order valence-corrected chi connectivity index (χ0v) is 12.7. The van der Waals surface area contributed by atoms with E-state index in [1.807, 2.05) is 13.0 Å². The molecular weight excluding hydrogens is 328 g/mol. The number of aryl methyl sites for hydroxylation is 1. The second-order valence-electron chi connectivity index (χ2n) is 4.49. The van der Waals surface area contributed by atoms with Crippen molar-refractivity contribution in [2.24, 2.45) is 5.73 Å². The molecule has 5 heteroatoms. The van der Waals surface area contributed by atoms with Crippen molar-refractivity contribution in [2.75, 3.05) is 7.11 Å². The van der Waals surface area contributed by atoms with E-state index in [0.717, 1.165) is 16.1 Å². The minimum Gasteiger partial charge on any atom is -0.496 e. The average Bonchev–Trinajstić information content (AvgIpc) is 2.40. The van der Waals surface area contributed by atoms with Crippen LogP contribution in [0.1, 0.15) is 22.7 Å². The maximum Gasteiger partial charge on any atom is 0.131 e. The fourth-order valence-electron chi connectivity index (χ4n) is 2.01. The van der Waals surface area contributed by atoms with E-state index in [9.17, 15) is 8.78 Å². The Balaban J connectivity index is 2.52. The van der Waals surface area contributed by atoms with Gasteiger partial charge >= 0.3 is 0 Å². The van der Waals surface area contributed by atoms with Gasteiger partial charge in [-0.05, 0) is 30.7 Å². The number of ether oxygens (including phenoxy) is 1. The molecule has 0 amide bonds. The molecule has 0 saturated carbocycles. The van der Waals surface area contributed by atoms with Gasteiger partial charge in [0.2, 0.25) is 0 Å². The average molecular weight is 342 g/mol. The van der Waals surface area contributed by atoms with Gasteiger partial charge in [0.1, 0.15) is 17.4 Å². The van der Waals surface area contributed by atoms with Gasteiger partial charge in [0.05, 0.1) is 13.2 Å². The Hall–Kier alpha value is -1.46. The second kappa shape index (κ2) is 5.89. The highest BCUT2D eigenvalue weighted by atomic mass is 79.9. The fraction of sp³-hybridized carbons (Fsp3) is 0.200. The van der Waals surface area contributed by atoms with Gasteiger partial charge in [0.25, 0.3) is 0 Å². The topological polar surface area (TPSA) is 35.2 Å². The van der Waals surface area contributed by atoms with Crippen molar-refractivity contribution in [1.29, 1.82) is 0 Å². The van der Waals surface area contributed by atoms with E-state index in [4.69, 9.17) is 10.5 Å². The van der Waals surface area contributed by atoms with Crippen molar-refractivity contribution in [3.8, 4) is 5.75 Å². The lowest BCUT2D eigenvalue weighted by molar-refractivity contribution is 0.407. The van der Waals surface area contributed by atoms with Crippen LogP contribution in [0.2, 0.25) is 0 Å². The maximum absolute atomic E-state index is 13.8. The smallest absolute Gasteiger partial charge is 0.131 e. The zero-order chi connectivity index (χ0) is 14.9. The number of hydrogen-bond acceptors (Lipinski definition) is 2. The monoisotopic (exact) mass is 341 g/mol. The normalized spacial score (nSPS) is 12.3. The summed E-state index contributed by atoms with van der Waals surface area (Å²) in [7, 11) is 1.53. The maximum atomic E-state index is 13.8. The number of hydrogen-bond donors (Lipinski definition) is 1. The van der Waals surface area contributed by atoms with Crippen LogP contribution in [-0.4, -0.2) is 7.11 Å². The standard InChI is InChI=1S/C15H14BrF2NO/c1-8-5-14(20-2)11(7-12(8)16)15(19)10-4-3-9(17)6-13(10)18/h3-7,15H,19H2,1-2H3. The third-order valence-corrected chi connectivity index (χ3v) is 4.00. The van der Waals surface area contributed by atoms with Crippen molar-refractivity contribution in [1.82, 2.24) is 0 Å². The number of nitrogens with two attached hydrogens (primary N) is 1. The first kappa shape index (κ1) is 14.9. The summed E-state index contributed by atoms with van der Waals surface area (Å²) in [4.78, 5) is 0. The molecule has 0 radical (unpaired) electrons. The molecule has 0 aliphatic rings. The van der Waals surface area contributed by atoms with Crippen LogP contribution in [0.3, 0.4) is 0 Å². The Morgan fingerprint density at radius 1 is 1.15 bits per heavy atom. The van der Waals surface area contributed by atoms with Crippen LogP contribution < -0.4 is 10.5 Å². The molecule has 0 aliphatic carbocycles. The molecule has 1 atom stereocenters. The lowest BCUT2D eigenvalue weighted by Crippen LogP contribution is -2.15. The molecule has 2 rings (SSSR count). The number of methoxy groups -OCH3 is 1. The summed E-state index contributed by atoms with van der Waals surface area (Å²) < 4.78 is 32.9. The molecule has 0 aliphatic heterocycles. The molecule has 20 heavy (non-hydrogen) atoms. The largest absolute Gasteiger partial charge is 0.496 e. The fourth-order valence-corrected chi connectivity index (χ4v) is 2.37. The van der Waals surface area contributed by atoms with Gasteiger partial charge in [-0.1, -0.05) is 22.0 Å². The Morgan fingerprint density at radius 3 is 2.45 bits per heavy atom. The highest BCUT2D eigenvalue weighted by Gasteiger charge is 2.19. The SMILES string of the molecule is COc1cc(C)c(Br)cc1C(N)c1ccc(F)cc1F. The van der Waals surface area contributed by atoms with Gasteiger partial charge in [-0.2, -0.15) is 0 Å². The minimum atomic E-state index is -0.734. The summed E-state index contributed by atoms with van der Waals surface area (Å²) in [6.07, 6.45) is 0. The molecule has 106 valence electrons. The number of benzene rings is 2. The second-order valence-corrected chi connectivity index (χ2v) is 5.34. The van der Waals surface area contributed by atoms with E-state index in [-0.39, 0.29) is 5.56 Å². The molecule has 0 bridgehead atoms. The van der Waals surface area contributed by atoms with Crippen LogP contribution in [-0.2, 0) is 0 Å². The third-order valence-electron chi connectivity index (χ3n) is 3.14. The first-order valence-corrected chi connectivity index (χ1v) is 6.78. The molecule has 0 aromatic heterocycles. The van der Waals surface area contributed by atoms with E-state index in [2.05, 4.69) is 15.9 Å². The molecule has 2 nitrogen and oxygen atoms in total. The lowest BCUT2D eigenvalue weighted by Gasteiger charge is -2.18. The zero-order valence-electron chi connectivity index (χ0n) is 11.1. The van der Waals surface area contributed by atoms with Crippen molar-refractivity contribution in [2.45, 2.75) is 13.0 Å². The van der Waals surface area contributed by atoms with Crippen LogP contribution in [0.25, 0.3) is 0 Å². The quantitative estimate of drug-likeness (QED) is 0.912. The summed E-state index contributed by atoms with van der Waals surface area (Å²) in [5.41, 5.74) is 7.94. The van der Waals surface area contributed by atoms with Crippen LogP contribution in [0.15, 0.2) is 34.8 Å². The highest BCUT2D eigenvalue weighted by molar-refractivity contribution is 9.10. The Labute approximate surface area is 124 Å². The molecule has 1 unspecified atom stereocenters. The van der Waals surface area contributed by atoms with Crippen LogP contribution >= 0.6 is 15.9 Å². The van der Waals surface area contributed by atoms with Crippen molar-refractivity contribution in [3.05, 3.63) is 63.1 Å². The predicted molar refractivity (Wildman–Crippen MR) is 77.8 cm³/mol. The summed E-state index contributed by atoms with van der Waals surface area (Å²) in [5.74, 6) is -0.728. The molecule has 0 heterocycles. The van der Waals surface area contributed by atoms with Crippen molar-refractivity contribution < 1.29 is 13.5 Å². The van der Waals surface area contributed by atoms with Crippen LogP contribution in [0.5, 0.6) is 5.75 Å². The van der Waals surface area contributed by atoms with Gasteiger partial charge in [-0.3, -0.25) is 0 Å². The van der Waals surface area contributed by atoms with E-state index < -0.39 is 17.7 Å². The molecule has 0 saturated heterocycles. The van der Waals surface area contributed by atoms with Gasteiger partial charge in [0, 0.05) is 21.7 Å². The molecule has 2 N–H and O–H groups in total. The van der Waals surface area contributed by atoms with Crippen molar-refractivity contribution >= 4 is 15.9 Å². The molecule has 0 fully saturated rings. The molecule has 2 aromatic carbocycles. The van der Waals surface area contributed by atoms with Crippen LogP contribution in [0.4, 0.5) is 8.78 Å². The van der Waals surface area contributed by atoms with E-state index >= 15 is 0 Å².